The predicted molar refractivity (Wildman–Crippen MR) is 163 cm³/mol. The summed E-state index contributed by atoms with van der Waals surface area (Å²) in [5.41, 5.74) is 12.7. The Labute approximate surface area is 225 Å². The van der Waals surface area contributed by atoms with Gasteiger partial charge in [-0.25, -0.2) is 0 Å². The Morgan fingerprint density at radius 3 is 1.03 bits per heavy atom. The minimum atomic E-state index is 0.162. The van der Waals surface area contributed by atoms with Crippen molar-refractivity contribution >= 4 is 0 Å². The van der Waals surface area contributed by atoms with E-state index >= 15 is 0 Å². The van der Waals surface area contributed by atoms with Crippen molar-refractivity contribution in [3.63, 3.8) is 0 Å². The molecule has 36 heavy (non-hydrogen) atoms. The Morgan fingerprint density at radius 1 is 0.500 bits per heavy atom. The van der Waals surface area contributed by atoms with E-state index in [1.165, 1.54) is 44.5 Å². The van der Waals surface area contributed by atoms with Crippen molar-refractivity contribution in [1.29, 1.82) is 0 Å². The molecule has 0 aliphatic heterocycles. The maximum absolute atomic E-state index is 2.56. The van der Waals surface area contributed by atoms with Gasteiger partial charge in [0.1, 0.15) is 0 Å². The maximum atomic E-state index is 2.56. The van der Waals surface area contributed by atoms with Crippen LogP contribution in [0, 0.1) is 13.8 Å². The molecule has 0 saturated carbocycles. The molecule has 0 amide bonds. The van der Waals surface area contributed by atoms with Gasteiger partial charge in [-0.15, -0.1) is 0 Å². The molecule has 0 bridgehead atoms. The van der Waals surface area contributed by atoms with Gasteiger partial charge in [-0.05, 0) is 106 Å². The van der Waals surface area contributed by atoms with Crippen LogP contribution in [-0.2, 0) is 21.7 Å². The quantitative estimate of drug-likeness (QED) is 0.310. The van der Waals surface area contributed by atoms with Crippen LogP contribution in [0.15, 0.2) is 24.3 Å². The second-order valence-electron chi connectivity index (χ2n) is 14.1. The fourth-order valence-corrected chi connectivity index (χ4v) is 5.52. The van der Waals surface area contributed by atoms with Crippen LogP contribution in [0.25, 0.3) is 0 Å². The second kappa shape index (κ2) is 10.7. The summed E-state index contributed by atoms with van der Waals surface area (Å²) >= 11 is 0. The van der Waals surface area contributed by atoms with Crippen molar-refractivity contribution in [2.75, 3.05) is 0 Å². The standard InChI is InChI=1S/C36H58/c1-16-33(8,9)27-20-29(25(6)31(22-27)35(12,13)18-3)24(5)30-21-28(34(10,11)17-2)23-32(26(30)7)36(14,15)19-4/h20-24H,16-19H2,1-15H3. The van der Waals surface area contributed by atoms with Crippen molar-refractivity contribution in [3.05, 3.63) is 68.8 Å². The number of benzene rings is 2. The van der Waals surface area contributed by atoms with Gasteiger partial charge in [0.15, 0.2) is 0 Å². The Balaban J connectivity index is 2.95. The Bertz CT molecular complexity index is 972. The average molecular weight is 491 g/mol. The van der Waals surface area contributed by atoms with Gasteiger partial charge in [0.25, 0.3) is 0 Å². The summed E-state index contributed by atoms with van der Waals surface area (Å²) in [6, 6.07) is 10.2. The van der Waals surface area contributed by atoms with E-state index in [2.05, 4.69) is 128 Å². The molecule has 0 unspecified atom stereocenters. The summed E-state index contributed by atoms with van der Waals surface area (Å²) in [4.78, 5) is 0. The Hall–Kier alpha value is -1.56. The van der Waals surface area contributed by atoms with Crippen molar-refractivity contribution in [2.45, 2.75) is 157 Å². The summed E-state index contributed by atoms with van der Waals surface area (Å²) in [5, 5.41) is 0. The van der Waals surface area contributed by atoms with Gasteiger partial charge in [0.2, 0.25) is 0 Å². The van der Waals surface area contributed by atoms with E-state index < -0.39 is 0 Å². The first-order valence-electron chi connectivity index (χ1n) is 14.7. The molecule has 0 saturated heterocycles. The fraction of sp³-hybridized carbons (Fsp3) is 0.667. The van der Waals surface area contributed by atoms with Crippen LogP contribution in [0.3, 0.4) is 0 Å². The minimum absolute atomic E-state index is 0.162. The highest BCUT2D eigenvalue weighted by Crippen LogP contribution is 2.43. The molecule has 0 heterocycles. The van der Waals surface area contributed by atoms with Crippen LogP contribution in [0.4, 0.5) is 0 Å². The monoisotopic (exact) mass is 490 g/mol. The third kappa shape index (κ3) is 5.79. The van der Waals surface area contributed by atoms with Crippen molar-refractivity contribution in [2.24, 2.45) is 0 Å². The first kappa shape index (κ1) is 30.7. The van der Waals surface area contributed by atoms with Gasteiger partial charge in [-0.3, -0.25) is 0 Å². The Kier molecular flexibility index (Phi) is 9.08. The highest BCUT2D eigenvalue weighted by molar-refractivity contribution is 5.53. The van der Waals surface area contributed by atoms with Gasteiger partial charge in [-0.1, -0.05) is 114 Å². The van der Waals surface area contributed by atoms with E-state index in [4.69, 9.17) is 0 Å². The molecule has 0 heteroatoms. The normalized spacial score (nSPS) is 13.6. The molecule has 0 aliphatic rings. The summed E-state index contributed by atoms with van der Waals surface area (Å²) in [6.07, 6.45) is 4.57. The van der Waals surface area contributed by atoms with Crippen molar-refractivity contribution in [3.8, 4) is 0 Å². The van der Waals surface area contributed by atoms with E-state index in [0.29, 0.717) is 5.92 Å². The fourth-order valence-electron chi connectivity index (χ4n) is 5.52. The molecule has 0 aliphatic carbocycles. The zero-order valence-electron chi connectivity index (χ0n) is 26.7. The van der Waals surface area contributed by atoms with Gasteiger partial charge in [0, 0.05) is 5.92 Å². The van der Waals surface area contributed by atoms with Crippen LogP contribution >= 0.6 is 0 Å². The van der Waals surface area contributed by atoms with Crippen LogP contribution < -0.4 is 0 Å². The summed E-state index contributed by atoms with van der Waals surface area (Å²) in [5.74, 6) is 0.350. The largest absolute Gasteiger partial charge is 0.0646 e. The molecule has 0 fully saturated rings. The molecule has 0 aromatic heterocycles. The maximum Gasteiger partial charge on any atom is 0.00666 e. The molecular weight excluding hydrogens is 432 g/mol. The van der Waals surface area contributed by atoms with Gasteiger partial charge < -0.3 is 0 Å². The predicted octanol–water partition coefficient (Wildman–Crippen LogP) is 11.2. The first-order valence-corrected chi connectivity index (χ1v) is 14.7. The number of hydrogen-bond donors (Lipinski definition) is 0. The third-order valence-electron chi connectivity index (χ3n) is 10.4. The molecule has 202 valence electrons. The smallest absolute Gasteiger partial charge is 0.00666 e. The molecule has 0 spiro atoms. The molecule has 0 N–H and O–H groups in total. The molecule has 2 aromatic rings. The molecule has 2 rings (SSSR count). The van der Waals surface area contributed by atoms with Gasteiger partial charge in [0.05, 0.1) is 0 Å². The van der Waals surface area contributed by atoms with Crippen LogP contribution in [0.2, 0.25) is 0 Å². The highest BCUT2D eigenvalue weighted by Gasteiger charge is 2.31. The molecular formula is C36H58. The second-order valence-corrected chi connectivity index (χ2v) is 14.1. The van der Waals surface area contributed by atoms with E-state index in [1.807, 2.05) is 0 Å². The van der Waals surface area contributed by atoms with Gasteiger partial charge >= 0.3 is 0 Å². The number of hydrogen-bond acceptors (Lipinski definition) is 0. The van der Waals surface area contributed by atoms with Gasteiger partial charge in [-0.2, -0.15) is 0 Å². The first-order chi connectivity index (χ1) is 16.4. The lowest BCUT2D eigenvalue weighted by Crippen LogP contribution is -2.24. The lowest BCUT2D eigenvalue weighted by molar-refractivity contribution is 0.483. The van der Waals surface area contributed by atoms with Crippen LogP contribution in [-0.4, -0.2) is 0 Å². The van der Waals surface area contributed by atoms with E-state index in [9.17, 15) is 0 Å². The topological polar surface area (TPSA) is 0 Å². The summed E-state index contributed by atoms with van der Waals surface area (Å²) in [6.45, 7) is 35.9. The Morgan fingerprint density at radius 2 is 0.778 bits per heavy atom. The number of rotatable bonds is 10. The summed E-state index contributed by atoms with van der Waals surface area (Å²) < 4.78 is 0. The van der Waals surface area contributed by atoms with E-state index in [1.54, 1.807) is 0 Å². The summed E-state index contributed by atoms with van der Waals surface area (Å²) in [7, 11) is 0. The lowest BCUT2D eigenvalue weighted by Gasteiger charge is -2.35. The van der Waals surface area contributed by atoms with Crippen LogP contribution in [0.1, 0.15) is 166 Å². The zero-order valence-corrected chi connectivity index (χ0v) is 26.7. The molecule has 0 nitrogen and oxygen atoms in total. The molecule has 0 radical (unpaired) electrons. The van der Waals surface area contributed by atoms with Crippen LogP contribution in [0.5, 0.6) is 0 Å². The lowest BCUT2D eigenvalue weighted by atomic mass is 9.70. The van der Waals surface area contributed by atoms with E-state index in [0.717, 1.165) is 25.7 Å². The SMILES string of the molecule is CCC(C)(C)c1cc(C(C)c2cc(C(C)(C)CC)cc(C(C)(C)CC)c2C)c(C)c(C(C)(C)CC)c1. The molecule has 2 aromatic carbocycles. The molecule has 0 atom stereocenters. The average Bonchev–Trinajstić information content (AvgIpc) is 2.83. The third-order valence-corrected chi connectivity index (χ3v) is 10.4. The minimum Gasteiger partial charge on any atom is -0.0646 e. The van der Waals surface area contributed by atoms with Crippen molar-refractivity contribution < 1.29 is 0 Å². The highest BCUT2D eigenvalue weighted by atomic mass is 14.4. The van der Waals surface area contributed by atoms with E-state index in [-0.39, 0.29) is 21.7 Å². The van der Waals surface area contributed by atoms with Crippen molar-refractivity contribution in [1.82, 2.24) is 0 Å². The zero-order chi connectivity index (χ0) is 27.9.